The Kier molecular flexibility index (Phi) is 7.04. The molecule has 0 atom stereocenters. The summed E-state index contributed by atoms with van der Waals surface area (Å²) in [5, 5.41) is 4.22. The lowest BCUT2D eigenvalue weighted by atomic mass is 10.2. The van der Waals surface area contributed by atoms with Crippen molar-refractivity contribution in [3.8, 4) is 0 Å². The van der Waals surface area contributed by atoms with E-state index in [1.165, 1.54) is 23.5 Å². The largest absolute Gasteiger partial charge is 0.323 e. The Morgan fingerprint density at radius 2 is 1.89 bits per heavy atom. The van der Waals surface area contributed by atoms with Crippen molar-refractivity contribution >= 4 is 41.0 Å². The van der Waals surface area contributed by atoms with Gasteiger partial charge in [0.05, 0.1) is 12.1 Å². The molecule has 148 valence electrons. The molecule has 0 saturated heterocycles. The highest BCUT2D eigenvalue weighted by Gasteiger charge is 2.11. The molecule has 4 nitrogen and oxygen atoms in total. The summed E-state index contributed by atoms with van der Waals surface area (Å²) in [7, 11) is 1.67. The molecule has 1 aromatic heterocycles. The van der Waals surface area contributed by atoms with Crippen LogP contribution in [-0.2, 0) is 18.3 Å². The second-order valence-electron chi connectivity index (χ2n) is 5.98. The van der Waals surface area contributed by atoms with Crippen LogP contribution in [0.25, 0.3) is 0 Å². The first-order valence-corrected chi connectivity index (χ1v) is 8.90. The van der Waals surface area contributed by atoms with Crippen LogP contribution in [0.15, 0.2) is 46.8 Å². The van der Waals surface area contributed by atoms with Crippen LogP contribution in [0.1, 0.15) is 11.3 Å². The predicted octanol–water partition coefficient (Wildman–Crippen LogP) is 4.65. The van der Waals surface area contributed by atoms with E-state index in [-0.39, 0.29) is 30.2 Å². The Bertz CT molecular complexity index is 1080. The van der Waals surface area contributed by atoms with Gasteiger partial charge in [-0.05, 0) is 36.8 Å². The zero-order valence-corrected chi connectivity index (χ0v) is 16.6. The normalized spacial score (nSPS) is 11.2. The fraction of sp³-hybridized carbons (Fsp3) is 0.158. The highest BCUT2D eigenvalue weighted by Crippen LogP contribution is 2.19. The number of nitrogens with one attached hydrogen (secondary N) is 1. The second kappa shape index (κ2) is 9.07. The van der Waals surface area contributed by atoms with Gasteiger partial charge in [-0.15, -0.1) is 23.7 Å². The minimum absolute atomic E-state index is 0. The van der Waals surface area contributed by atoms with Gasteiger partial charge in [0.15, 0.2) is 4.80 Å². The van der Waals surface area contributed by atoms with E-state index in [2.05, 4.69) is 10.3 Å². The number of carbonyl (C=O) groups excluding carboxylic acids is 1. The first kappa shape index (κ1) is 21.7. The van der Waals surface area contributed by atoms with Gasteiger partial charge in [-0.2, -0.15) is 0 Å². The molecule has 0 fully saturated rings. The standard InChI is InChI=1S/C19H16F3N3OS.ClH/c1-11-3-6-16(15(22)7-11)23-18(26)9-13-10-27-19(25(13)2)24-17-8-12(20)4-5-14(17)21;/h3-8,10H,9H2,1-2H3,(H,23,26);1H. The summed E-state index contributed by atoms with van der Waals surface area (Å²) in [6.07, 6.45) is -0.0124. The number of hydrogen-bond acceptors (Lipinski definition) is 3. The molecule has 0 aliphatic heterocycles. The van der Waals surface area contributed by atoms with Gasteiger partial charge in [-0.1, -0.05) is 6.07 Å². The van der Waals surface area contributed by atoms with Crippen molar-refractivity contribution in [2.24, 2.45) is 12.0 Å². The van der Waals surface area contributed by atoms with E-state index >= 15 is 0 Å². The van der Waals surface area contributed by atoms with Crippen LogP contribution in [0.4, 0.5) is 24.5 Å². The van der Waals surface area contributed by atoms with Crippen LogP contribution in [0, 0.1) is 24.4 Å². The molecule has 0 unspecified atom stereocenters. The van der Waals surface area contributed by atoms with Crippen LogP contribution in [-0.4, -0.2) is 10.5 Å². The van der Waals surface area contributed by atoms with Gasteiger partial charge in [0.25, 0.3) is 0 Å². The van der Waals surface area contributed by atoms with Crippen molar-refractivity contribution in [1.29, 1.82) is 0 Å². The third-order valence-electron chi connectivity index (χ3n) is 3.88. The molecular weight excluding hydrogens is 411 g/mol. The van der Waals surface area contributed by atoms with Gasteiger partial charge in [0.2, 0.25) is 5.91 Å². The summed E-state index contributed by atoms with van der Waals surface area (Å²) in [6, 6.07) is 7.57. The molecule has 0 aliphatic rings. The van der Waals surface area contributed by atoms with Crippen LogP contribution in [0.3, 0.4) is 0 Å². The Morgan fingerprint density at radius 3 is 2.61 bits per heavy atom. The number of hydrogen-bond donors (Lipinski definition) is 1. The maximum Gasteiger partial charge on any atom is 0.230 e. The second-order valence-corrected chi connectivity index (χ2v) is 6.82. The van der Waals surface area contributed by atoms with Gasteiger partial charge in [-0.3, -0.25) is 4.79 Å². The highest BCUT2D eigenvalue weighted by molar-refractivity contribution is 7.07. The van der Waals surface area contributed by atoms with E-state index in [4.69, 9.17) is 0 Å². The number of rotatable bonds is 4. The Labute approximate surface area is 169 Å². The van der Waals surface area contributed by atoms with E-state index in [1.54, 1.807) is 30.0 Å². The van der Waals surface area contributed by atoms with E-state index in [0.717, 1.165) is 23.8 Å². The molecule has 1 amide bonds. The van der Waals surface area contributed by atoms with E-state index < -0.39 is 23.4 Å². The van der Waals surface area contributed by atoms with Gasteiger partial charge in [0, 0.05) is 24.2 Å². The first-order chi connectivity index (χ1) is 12.8. The summed E-state index contributed by atoms with van der Waals surface area (Å²) in [5.41, 5.74) is 1.35. The van der Waals surface area contributed by atoms with Crippen LogP contribution in [0.2, 0.25) is 0 Å². The predicted molar refractivity (Wildman–Crippen MR) is 106 cm³/mol. The number of aromatic nitrogens is 1. The van der Waals surface area contributed by atoms with Crippen molar-refractivity contribution in [3.63, 3.8) is 0 Å². The van der Waals surface area contributed by atoms with E-state index in [9.17, 15) is 18.0 Å². The maximum absolute atomic E-state index is 13.8. The monoisotopic (exact) mass is 427 g/mol. The number of anilines is 1. The Hall–Kier alpha value is -2.58. The van der Waals surface area contributed by atoms with Gasteiger partial charge >= 0.3 is 0 Å². The van der Waals surface area contributed by atoms with E-state index in [1.807, 2.05) is 0 Å². The molecule has 1 heterocycles. The number of thiazole rings is 1. The summed E-state index contributed by atoms with van der Waals surface area (Å²) < 4.78 is 42.5. The number of halogens is 4. The maximum atomic E-state index is 13.8. The van der Waals surface area contributed by atoms with E-state index in [0.29, 0.717) is 10.5 Å². The van der Waals surface area contributed by atoms with Gasteiger partial charge in [0.1, 0.15) is 23.1 Å². The molecule has 3 rings (SSSR count). The number of aryl methyl sites for hydroxylation is 1. The minimum Gasteiger partial charge on any atom is -0.323 e. The molecule has 28 heavy (non-hydrogen) atoms. The first-order valence-electron chi connectivity index (χ1n) is 8.02. The lowest BCUT2D eigenvalue weighted by Gasteiger charge is -2.07. The third kappa shape index (κ3) is 5.02. The molecule has 0 spiro atoms. The SMILES string of the molecule is Cc1ccc(NC(=O)Cc2csc(=Nc3cc(F)ccc3F)n2C)c(F)c1.Cl. The van der Waals surface area contributed by atoms with Crippen molar-refractivity contribution < 1.29 is 18.0 Å². The molecule has 0 bridgehead atoms. The summed E-state index contributed by atoms with van der Waals surface area (Å²) in [6.45, 7) is 1.76. The topological polar surface area (TPSA) is 46.4 Å². The minimum atomic E-state index is -0.640. The molecule has 0 aliphatic carbocycles. The molecule has 0 radical (unpaired) electrons. The quantitative estimate of drug-likeness (QED) is 0.647. The summed E-state index contributed by atoms with van der Waals surface area (Å²) in [4.78, 5) is 16.7. The average Bonchev–Trinajstić information content (AvgIpc) is 2.94. The average molecular weight is 428 g/mol. The number of amides is 1. The molecule has 2 aromatic carbocycles. The zero-order chi connectivity index (χ0) is 19.6. The van der Waals surface area contributed by atoms with Gasteiger partial charge in [-0.25, -0.2) is 18.2 Å². The zero-order valence-electron chi connectivity index (χ0n) is 15.0. The molecule has 9 heteroatoms. The molecule has 3 aromatic rings. The number of benzene rings is 2. The Balaban J connectivity index is 0.00000280. The van der Waals surface area contributed by atoms with Crippen LogP contribution in [0.5, 0.6) is 0 Å². The molecule has 0 saturated carbocycles. The molecular formula is C19H17ClF3N3OS. The Morgan fingerprint density at radius 1 is 1.14 bits per heavy atom. The number of carbonyl (C=O) groups is 1. The van der Waals surface area contributed by atoms with Crippen molar-refractivity contribution in [1.82, 2.24) is 4.57 Å². The number of nitrogens with zero attached hydrogens (tertiary/aromatic N) is 2. The highest BCUT2D eigenvalue weighted by atomic mass is 35.5. The third-order valence-corrected chi connectivity index (χ3v) is 4.85. The molecule has 1 N–H and O–H groups in total. The van der Waals surface area contributed by atoms with Crippen LogP contribution >= 0.6 is 23.7 Å². The fourth-order valence-corrected chi connectivity index (χ4v) is 3.33. The van der Waals surface area contributed by atoms with Crippen molar-refractivity contribution in [3.05, 3.63) is 75.3 Å². The van der Waals surface area contributed by atoms with Gasteiger partial charge < -0.3 is 9.88 Å². The lowest BCUT2D eigenvalue weighted by Crippen LogP contribution is -2.20. The summed E-state index contributed by atoms with van der Waals surface area (Å²) >= 11 is 1.19. The lowest BCUT2D eigenvalue weighted by molar-refractivity contribution is -0.115. The van der Waals surface area contributed by atoms with Crippen LogP contribution < -0.4 is 10.1 Å². The fourth-order valence-electron chi connectivity index (χ4n) is 2.42. The van der Waals surface area contributed by atoms with Crippen molar-refractivity contribution in [2.75, 3.05) is 5.32 Å². The smallest absolute Gasteiger partial charge is 0.230 e. The summed E-state index contributed by atoms with van der Waals surface area (Å²) in [5.74, 6) is -2.13. The van der Waals surface area contributed by atoms with Crippen molar-refractivity contribution in [2.45, 2.75) is 13.3 Å².